The van der Waals surface area contributed by atoms with E-state index in [2.05, 4.69) is 26.3 Å². The summed E-state index contributed by atoms with van der Waals surface area (Å²) in [6.45, 7) is 0.353. The lowest BCUT2D eigenvalue weighted by atomic mass is 10.1. The number of nitro groups is 1. The number of anilines is 1. The predicted octanol–water partition coefficient (Wildman–Crippen LogP) is 1.86. The maximum atomic E-state index is 12.8. The van der Waals surface area contributed by atoms with Gasteiger partial charge in [0.15, 0.2) is 0 Å². The fourth-order valence-electron chi connectivity index (χ4n) is 3.92. The number of carbonyl (C=O) groups excluding carboxylic acids is 3. The van der Waals surface area contributed by atoms with Crippen LogP contribution in [-0.4, -0.2) is 48.9 Å². The average Bonchev–Trinajstić information content (AvgIpc) is 3.51. The Hall–Kier alpha value is -5.30. The highest BCUT2D eigenvalue weighted by Crippen LogP contribution is 2.26. The summed E-state index contributed by atoms with van der Waals surface area (Å²) in [4.78, 5) is 50.5. The molecule has 13 nitrogen and oxygen atoms in total. The molecule has 2 N–H and O–H groups in total. The summed E-state index contributed by atoms with van der Waals surface area (Å²) in [6.07, 6.45) is -0.212. The Labute approximate surface area is 215 Å². The summed E-state index contributed by atoms with van der Waals surface area (Å²) in [7, 11) is 0. The van der Waals surface area contributed by atoms with Gasteiger partial charge in [-0.2, -0.15) is 4.80 Å². The predicted molar refractivity (Wildman–Crippen MR) is 133 cm³/mol. The van der Waals surface area contributed by atoms with Gasteiger partial charge in [-0.05, 0) is 29.0 Å². The Kier molecular flexibility index (Phi) is 6.65. The zero-order valence-corrected chi connectivity index (χ0v) is 19.7. The fourth-order valence-corrected chi connectivity index (χ4v) is 3.92. The van der Waals surface area contributed by atoms with Gasteiger partial charge < -0.3 is 0 Å². The Balaban J connectivity index is 1.17. The second kappa shape index (κ2) is 10.4. The Bertz CT molecular complexity index is 1520. The van der Waals surface area contributed by atoms with Gasteiger partial charge in [0.05, 0.1) is 23.6 Å². The summed E-state index contributed by atoms with van der Waals surface area (Å²) in [5.74, 6) is -1.15. The lowest BCUT2D eigenvalue weighted by Crippen LogP contribution is -2.48. The maximum Gasteiger partial charge on any atom is 0.271 e. The van der Waals surface area contributed by atoms with Gasteiger partial charge in [0, 0.05) is 23.3 Å². The van der Waals surface area contributed by atoms with Crippen molar-refractivity contribution >= 4 is 29.1 Å². The molecule has 5 rings (SSSR count). The first kappa shape index (κ1) is 24.4. The van der Waals surface area contributed by atoms with E-state index in [1.807, 2.05) is 30.3 Å². The van der Waals surface area contributed by atoms with Gasteiger partial charge in [0.25, 0.3) is 17.5 Å². The molecule has 1 aromatic heterocycles. The summed E-state index contributed by atoms with van der Waals surface area (Å²) < 4.78 is 0. The topological polar surface area (TPSA) is 165 Å². The zero-order valence-electron chi connectivity index (χ0n) is 19.7. The molecule has 1 saturated heterocycles. The molecule has 1 aliphatic heterocycles. The van der Waals surface area contributed by atoms with Crippen LogP contribution in [0, 0.1) is 10.1 Å². The van der Waals surface area contributed by atoms with Crippen LogP contribution in [0.3, 0.4) is 0 Å². The van der Waals surface area contributed by atoms with E-state index < -0.39 is 28.7 Å². The first-order chi connectivity index (χ1) is 18.4. The lowest BCUT2D eigenvalue weighted by molar-refractivity contribution is -0.384. The third-order valence-electron chi connectivity index (χ3n) is 5.83. The number of hydrogen-bond acceptors (Lipinski definition) is 9. The first-order valence-corrected chi connectivity index (χ1v) is 11.5. The van der Waals surface area contributed by atoms with Crippen LogP contribution < -0.4 is 15.8 Å². The Morgan fingerprint density at radius 3 is 2.53 bits per heavy atom. The quantitative estimate of drug-likeness (QED) is 0.204. The SMILES string of the molecule is O=C(NNC1CC(=O)N(c2cccc([N+](=O)[O-])c2)C1=O)c1ccc(Cn2nnc(-c3ccccc3)n2)cc1. The summed E-state index contributed by atoms with van der Waals surface area (Å²) >= 11 is 0. The molecule has 38 heavy (non-hydrogen) atoms. The molecule has 1 atom stereocenters. The van der Waals surface area contributed by atoms with Gasteiger partial charge in [-0.1, -0.05) is 48.5 Å². The third-order valence-corrected chi connectivity index (χ3v) is 5.83. The van der Waals surface area contributed by atoms with E-state index in [0.29, 0.717) is 17.9 Å². The highest BCUT2D eigenvalue weighted by molar-refractivity contribution is 6.22. The second-order valence-corrected chi connectivity index (χ2v) is 8.41. The van der Waals surface area contributed by atoms with Crippen molar-refractivity contribution in [1.29, 1.82) is 0 Å². The Morgan fingerprint density at radius 2 is 1.79 bits per heavy atom. The molecule has 190 valence electrons. The monoisotopic (exact) mass is 512 g/mol. The van der Waals surface area contributed by atoms with Gasteiger partial charge in [0.2, 0.25) is 11.7 Å². The number of amides is 3. The fraction of sp³-hybridized carbons (Fsp3) is 0.120. The van der Waals surface area contributed by atoms with Gasteiger partial charge in [0.1, 0.15) is 6.04 Å². The largest absolute Gasteiger partial charge is 0.287 e. The summed E-state index contributed by atoms with van der Waals surface area (Å²) in [5.41, 5.74) is 6.91. The van der Waals surface area contributed by atoms with Crippen molar-refractivity contribution in [3.05, 3.63) is 100 Å². The molecule has 0 aliphatic carbocycles. The van der Waals surface area contributed by atoms with E-state index in [1.165, 1.54) is 23.0 Å². The maximum absolute atomic E-state index is 12.8. The van der Waals surface area contributed by atoms with Crippen molar-refractivity contribution in [2.45, 2.75) is 19.0 Å². The molecule has 0 spiro atoms. The van der Waals surface area contributed by atoms with Crippen LogP contribution in [0.4, 0.5) is 11.4 Å². The molecule has 3 amide bonds. The molecule has 1 unspecified atom stereocenters. The molecule has 4 aromatic rings. The van der Waals surface area contributed by atoms with Crippen LogP contribution in [0.5, 0.6) is 0 Å². The third kappa shape index (κ3) is 5.12. The second-order valence-electron chi connectivity index (χ2n) is 8.41. The number of carbonyl (C=O) groups is 3. The van der Waals surface area contributed by atoms with Gasteiger partial charge in [-0.15, -0.1) is 10.2 Å². The van der Waals surface area contributed by atoms with Crippen LogP contribution in [0.2, 0.25) is 0 Å². The van der Waals surface area contributed by atoms with E-state index in [0.717, 1.165) is 22.1 Å². The molecule has 13 heteroatoms. The minimum atomic E-state index is -1.01. The molecular formula is C25H20N8O5. The number of rotatable bonds is 8. The van der Waals surface area contributed by atoms with Crippen molar-refractivity contribution < 1.29 is 19.3 Å². The molecule has 0 radical (unpaired) electrons. The molecule has 3 aromatic carbocycles. The number of nitro benzene ring substituents is 1. The van der Waals surface area contributed by atoms with Crippen molar-refractivity contribution in [3.8, 4) is 11.4 Å². The smallest absolute Gasteiger partial charge is 0.271 e. The van der Waals surface area contributed by atoms with Crippen LogP contribution in [0.25, 0.3) is 11.4 Å². The van der Waals surface area contributed by atoms with Crippen LogP contribution in [-0.2, 0) is 16.1 Å². The van der Waals surface area contributed by atoms with Crippen LogP contribution in [0.1, 0.15) is 22.3 Å². The zero-order chi connectivity index (χ0) is 26.6. The molecule has 2 heterocycles. The number of tetrazole rings is 1. The number of aromatic nitrogens is 4. The molecule has 1 fully saturated rings. The first-order valence-electron chi connectivity index (χ1n) is 11.5. The number of hydrogen-bond donors (Lipinski definition) is 2. The Morgan fingerprint density at radius 1 is 1.03 bits per heavy atom. The number of hydrazine groups is 1. The van der Waals surface area contributed by atoms with E-state index in [1.54, 1.807) is 24.3 Å². The number of benzene rings is 3. The van der Waals surface area contributed by atoms with Gasteiger partial charge in [-0.25, -0.2) is 10.3 Å². The standard InChI is InChI=1S/C25H20N8O5/c34-22-14-21(25(36)32(22)19-7-4-8-20(13-19)33(37)38)26-28-24(35)18-11-9-16(10-12-18)15-31-29-23(27-30-31)17-5-2-1-3-6-17/h1-13,21,26H,14-15H2,(H,28,35). The summed E-state index contributed by atoms with van der Waals surface area (Å²) in [5, 5.41) is 23.5. The van der Waals surface area contributed by atoms with E-state index in [-0.39, 0.29) is 17.8 Å². The van der Waals surface area contributed by atoms with Crippen LogP contribution >= 0.6 is 0 Å². The van der Waals surface area contributed by atoms with Crippen molar-refractivity contribution in [2.24, 2.45) is 0 Å². The minimum Gasteiger partial charge on any atom is -0.287 e. The number of nitrogens with zero attached hydrogens (tertiary/aromatic N) is 6. The van der Waals surface area contributed by atoms with E-state index >= 15 is 0 Å². The van der Waals surface area contributed by atoms with E-state index in [4.69, 9.17) is 0 Å². The number of imide groups is 1. The van der Waals surface area contributed by atoms with Gasteiger partial charge >= 0.3 is 0 Å². The number of nitrogens with one attached hydrogen (secondary N) is 2. The minimum absolute atomic E-state index is 0.0955. The highest BCUT2D eigenvalue weighted by atomic mass is 16.6. The molecule has 0 saturated carbocycles. The van der Waals surface area contributed by atoms with Gasteiger partial charge in [-0.3, -0.25) is 29.9 Å². The van der Waals surface area contributed by atoms with Crippen LogP contribution in [0.15, 0.2) is 78.9 Å². The van der Waals surface area contributed by atoms with Crippen molar-refractivity contribution in [3.63, 3.8) is 0 Å². The molecule has 1 aliphatic rings. The highest BCUT2D eigenvalue weighted by Gasteiger charge is 2.40. The molecule has 0 bridgehead atoms. The normalized spacial score (nSPS) is 15.1. The average molecular weight is 512 g/mol. The van der Waals surface area contributed by atoms with E-state index in [9.17, 15) is 24.5 Å². The van der Waals surface area contributed by atoms with Crippen molar-refractivity contribution in [1.82, 2.24) is 31.1 Å². The molecular weight excluding hydrogens is 492 g/mol. The van der Waals surface area contributed by atoms with Crippen molar-refractivity contribution in [2.75, 3.05) is 4.90 Å². The lowest BCUT2D eigenvalue weighted by Gasteiger charge is -2.16. The summed E-state index contributed by atoms with van der Waals surface area (Å²) in [6, 6.07) is 20.4. The number of non-ortho nitro benzene ring substituents is 1.